The van der Waals surface area contributed by atoms with Crippen LogP contribution in [0.15, 0.2) is 23.3 Å². The number of rotatable bonds is 3. The molecule has 0 unspecified atom stereocenters. The van der Waals surface area contributed by atoms with Gasteiger partial charge in [0.1, 0.15) is 0 Å². The molecule has 3 aliphatic rings. The smallest absolute Gasteiger partial charge is 0.307 e. The number of hydrogen-bond donors (Lipinski definition) is 2. The first-order chi connectivity index (χ1) is 15.5. The Morgan fingerprint density at radius 3 is 1.91 bits per heavy atom. The highest BCUT2D eigenvalue weighted by Crippen LogP contribution is 2.38. The normalized spacial score (nSPS) is 16.5. The molecule has 168 valence electrons. The van der Waals surface area contributed by atoms with Crippen molar-refractivity contribution in [2.45, 2.75) is 75.9 Å². The van der Waals surface area contributed by atoms with Gasteiger partial charge in [-0.1, -0.05) is 25.3 Å². The molecule has 0 atom stereocenters. The van der Waals surface area contributed by atoms with E-state index in [0.29, 0.717) is 12.8 Å². The number of sulfonamides is 1. The molecule has 0 aromatic heterocycles. The molecule has 8 heteroatoms. The molecular weight excluding hydrogens is 428 g/mol. The van der Waals surface area contributed by atoms with Crippen molar-refractivity contribution >= 4 is 33.6 Å². The molecule has 2 amide bonds. The van der Waals surface area contributed by atoms with Gasteiger partial charge in [-0.3, -0.25) is 0 Å². The first-order valence-electron chi connectivity index (χ1n) is 10.9. The molecule has 1 saturated carbocycles. The van der Waals surface area contributed by atoms with Gasteiger partial charge in [-0.25, -0.2) is 27.5 Å². The van der Waals surface area contributed by atoms with Crippen molar-refractivity contribution in [3.05, 3.63) is 45.5 Å². The lowest BCUT2D eigenvalue weighted by Gasteiger charge is -2.22. The van der Waals surface area contributed by atoms with E-state index in [0.717, 1.165) is 63.5 Å². The van der Waals surface area contributed by atoms with E-state index in [4.69, 9.17) is 0 Å². The fourth-order valence-electron chi connectivity index (χ4n) is 4.78. The lowest BCUT2D eigenvalue weighted by molar-refractivity contribution is 0.256. The van der Waals surface area contributed by atoms with Crippen molar-refractivity contribution in [3.63, 3.8) is 0 Å². The van der Waals surface area contributed by atoms with Crippen LogP contribution in [0.3, 0.4) is 0 Å². The fourth-order valence-corrected chi connectivity index (χ4v) is 6.21. The van der Waals surface area contributed by atoms with E-state index in [2.05, 4.69) is 16.1 Å². The summed E-state index contributed by atoms with van der Waals surface area (Å²) in [6, 6.07) is 1.70. The molecule has 0 bridgehead atoms. The Hall–Kier alpha value is -3.06. The maximum atomic E-state index is 12.5. The first kappa shape index (κ1) is 23.6. The zero-order valence-electron chi connectivity index (χ0n) is 17.9. The second kappa shape index (κ2) is 11.0. The summed E-state index contributed by atoms with van der Waals surface area (Å²) in [5.74, 6) is 2.50. The standard InChI is InChI=1S/C19H26N2O3S.C5O2/c22-19(21-25(23,24)15-8-2-1-3-9-15)20-18-16-10-4-6-13(16)12-14-7-5-11-17(14)18;6-4-2-1-3-5-7/h12,15H,1-11H2,(H2,20,21,22);. The number of amides is 2. The minimum absolute atomic E-state index is 0.431. The average molecular weight is 455 g/mol. The van der Waals surface area contributed by atoms with E-state index in [9.17, 15) is 22.8 Å². The fraction of sp³-hybridized carbons (Fsp3) is 0.500. The number of fused-ring (bicyclic) bond motifs is 2. The van der Waals surface area contributed by atoms with E-state index in [1.54, 1.807) is 0 Å². The summed E-state index contributed by atoms with van der Waals surface area (Å²) in [5.41, 5.74) is 11.5. The third-order valence-corrected chi connectivity index (χ3v) is 7.98. The largest absolute Gasteiger partial charge is 0.332 e. The molecule has 1 fully saturated rings. The second-order valence-electron chi connectivity index (χ2n) is 8.17. The van der Waals surface area contributed by atoms with Gasteiger partial charge >= 0.3 is 6.03 Å². The molecule has 1 aromatic rings. The second-order valence-corrected chi connectivity index (χ2v) is 10.1. The van der Waals surface area contributed by atoms with Crippen LogP contribution < -0.4 is 10.0 Å². The first-order valence-corrected chi connectivity index (χ1v) is 12.5. The van der Waals surface area contributed by atoms with Crippen LogP contribution in [-0.4, -0.2) is 31.6 Å². The molecule has 0 saturated heterocycles. The van der Waals surface area contributed by atoms with Gasteiger partial charge in [0.05, 0.1) is 5.25 Å². The molecule has 1 aromatic carbocycles. The van der Waals surface area contributed by atoms with Crippen LogP contribution in [0.1, 0.15) is 67.2 Å². The average Bonchev–Trinajstić information content (AvgIpc) is 3.44. The maximum absolute atomic E-state index is 12.5. The van der Waals surface area contributed by atoms with Crippen molar-refractivity contribution in [3.8, 4) is 0 Å². The number of carbonyl (C=O) groups excluding carboxylic acids is 3. The van der Waals surface area contributed by atoms with Crippen LogP contribution in [0.4, 0.5) is 10.5 Å². The van der Waals surface area contributed by atoms with Crippen molar-refractivity contribution in [1.29, 1.82) is 0 Å². The van der Waals surface area contributed by atoms with Crippen LogP contribution >= 0.6 is 0 Å². The summed E-state index contributed by atoms with van der Waals surface area (Å²) in [5, 5.41) is 2.48. The van der Waals surface area contributed by atoms with Gasteiger partial charge in [0.25, 0.3) is 0 Å². The minimum atomic E-state index is -3.59. The molecule has 0 heterocycles. The number of nitrogens with one attached hydrogen (secondary N) is 2. The SMILES string of the molecule is O=C(Nc1c2c(cc3c1CCC3)CCC2)NS(=O)(=O)C1CCCCC1.O=C=C=C=C=C=O. The summed E-state index contributed by atoms with van der Waals surface area (Å²) in [7, 11) is -3.59. The summed E-state index contributed by atoms with van der Waals surface area (Å²) < 4.78 is 27.2. The monoisotopic (exact) mass is 454 g/mol. The van der Waals surface area contributed by atoms with Gasteiger partial charge in [0.15, 0.2) is 11.9 Å². The van der Waals surface area contributed by atoms with Crippen molar-refractivity contribution < 1.29 is 22.8 Å². The Kier molecular flexibility index (Phi) is 8.11. The van der Waals surface area contributed by atoms with Gasteiger partial charge in [-0.05, 0) is 73.6 Å². The number of benzene rings is 1. The summed E-state index contributed by atoms with van der Waals surface area (Å²) in [6.45, 7) is 0. The highest BCUT2D eigenvalue weighted by Gasteiger charge is 2.30. The third kappa shape index (κ3) is 5.79. The van der Waals surface area contributed by atoms with Gasteiger partial charge < -0.3 is 5.32 Å². The quantitative estimate of drug-likeness (QED) is 0.539. The third-order valence-electron chi connectivity index (χ3n) is 6.16. The Morgan fingerprint density at radius 1 is 0.812 bits per heavy atom. The molecule has 0 aliphatic heterocycles. The minimum Gasteiger partial charge on any atom is -0.307 e. The Labute approximate surface area is 188 Å². The van der Waals surface area contributed by atoms with Gasteiger partial charge in [-0.15, -0.1) is 0 Å². The zero-order chi connectivity index (χ0) is 23.0. The molecule has 2 N–H and O–H groups in total. The van der Waals surface area contributed by atoms with E-state index in [1.165, 1.54) is 34.1 Å². The summed E-state index contributed by atoms with van der Waals surface area (Å²) in [4.78, 5) is 30.9. The summed E-state index contributed by atoms with van der Waals surface area (Å²) >= 11 is 0. The van der Waals surface area contributed by atoms with Crippen molar-refractivity contribution in [2.24, 2.45) is 0 Å². The van der Waals surface area contributed by atoms with Gasteiger partial charge in [0.2, 0.25) is 10.0 Å². The lowest BCUT2D eigenvalue weighted by Crippen LogP contribution is -2.41. The molecular formula is C24H26N2O5S. The van der Waals surface area contributed by atoms with Crippen LogP contribution in [0.25, 0.3) is 0 Å². The Morgan fingerprint density at radius 2 is 1.38 bits per heavy atom. The topological polar surface area (TPSA) is 109 Å². The van der Waals surface area contributed by atoms with E-state index < -0.39 is 21.3 Å². The van der Waals surface area contributed by atoms with Gasteiger partial charge in [-0.2, -0.15) is 0 Å². The Bertz CT molecular complexity index is 1110. The van der Waals surface area contributed by atoms with Crippen LogP contribution in [-0.2, 0) is 45.3 Å². The van der Waals surface area contributed by atoms with E-state index in [1.807, 2.05) is 17.2 Å². The van der Waals surface area contributed by atoms with Gasteiger partial charge in [0, 0.05) is 22.9 Å². The molecule has 4 rings (SSSR count). The zero-order valence-corrected chi connectivity index (χ0v) is 18.7. The van der Waals surface area contributed by atoms with Crippen LogP contribution in [0.5, 0.6) is 0 Å². The van der Waals surface area contributed by atoms with E-state index >= 15 is 0 Å². The molecule has 0 radical (unpaired) electrons. The highest BCUT2D eigenvalue weighted by atomic mass is 32.2. The van der Waals surface area contributed by atoms with Crippen LogP contribution in [0, 0.1) is 0 Å². The van der Waals surface area contributed by atoms with E-state index in [-0.39, 0.29) is 0 Å². The predicted molar refractivity (Wildman–Crippen MR) is 120 cm³/mol. The molecule has 0 spiro atoms. The Balaban J connectivity index is 0.000000360. The van der Waals surface area contributed by atoms with Crippen LogP contribution in [0.2, 0.25) is 0 Å². The predicted octanol–water partition coefficient (Wildman–Crippen LogP) is 3.12. The lowest BCUT2D eigenvalue weighted by atomic mass is 9.99. The maximum Gasteiger partial charge on any atom is 0.332 e. The molecule has 3 aliphatic carbocycles. The summed E-state index contributed by atoms with van der Waals surface area (Å²) in [6.07, 6.45) is 10.5. The number of urea groups is 1. The van der Waals surface area contributed by atoms with Crippen molar-refractivity contribution in [2.75, 3.05) is 5.32 Å². The number of carbonyl (C=O) groups is 1. The highest BCUT2D eigenvalue weighted by molar-refractivity contribution is 7.90. The number of anilines is 1. The molecule has 7 nitrogen and oxygen atoms in total. The molecule has 32 heavy (non-hydrogen) atoms. The number of aryl methyl sites for hydroxylation is 2. The van der Waals surface area contributed by atoms with Crippen molar-refractivity contribution in [1.82, 2.24) is 4.72 Å². The number of hydrogen-bond acceptors (Lipinski definition) is 5.